The summed E-state index contributed by atoms with van der Waals surface area (Å²) in [6, 6.07) is 10.4. The van der Waals surface area contributed by atoms with Gasteiger partial charge in [0.2, 0.25) is 0 Å². The summed E-state index contributed by atoms with van der Waals surface area (Å²) in [6.45, 7) is 2.19. The van der Waals surface area contributed by atoms with Crippen molar-refractivity contribution in [2.24, 2.45) is 0 Å². The highest BCUT2D eigenvalue weighted by atomic mass is 15.1. The molecular formula is C13H15N3. The number of benzene rings is 1. The van der Waals surface area contributed by atoms with Crippen molar-refractivity contribution in [1.82, 2.24) is 15.5 Å². The summed E-state index contributed by atoms with van der Waals surface area (Å²) in [5.41, 5.74) is 2.14. The minimum absolute atomic E-state index is 0.582. The second kappa shape index (κ2) is 4.18. The van der Waals surface area contributed by atoms with Gasteiger partial charge < -0.3 is 5.32 Å². The molecule has 0 bridgehead atoms. The monoisotopic (exact) mass is 213 g/mol. The standard InChI is InChI=1S/C13H15N3/c1-2-4-12-11(3-1)9-13(16-15-12)10-5-7-14-8-6-10/h1-4,9-10,14H,5-8H2. The lowest BCUT2D eigenvalue weighted by Crippen LogP contribution is -2.27. The van der Waals surface area contributed by atoms with Gasteiger partial charge in [-0.2, -0.15) is 10.2 Å². The van der Waals surface area contributed by atoms with E-state index in [1.807, 2.05) is 12.1 Å². The first kappa shape index (κ1) is 9.73. The summed E-state index contributed by atoms with van der Waals surface area (Å²) in [5, 5.41) is 13.2. The van der Waals surface area contributed by atoms with Crippen molar-refractivity contribution < 1.29 is 0 Å². The zero-order valence-electron chi connectivity index (χ0n) is 9.19. The predicted octanol–water partition coefficient (Wildman–Crippen LogP) is 2.10. The van der Waals surface area contributed by atoms with Crippen molar-refractivity contribution >= 4 is 10.9 Å². The van der Waals surface area contributed by atoms with Crippen LogP contribution in [0.3, 0.4) is 0 Å². The molecule has 3 rings (SSSR count). The van der Waals surface area contributed by atoms with Crippen LogP contribution in [0.1, 0.15) is 24.5 Å². The van der Waals surface area contributed by atoms with Gasteiger partial charge in [-0.1, -0.05) is 18.2 Å². The van der Waals surface area contributed by atoms with E-state index >= 15 is 0 Å². The Morgan fingerprint density at radius 3 is 2.75 bits per heavy atom. The van der Waals surface area contributed by atoms with E-state index in [4.69, 9.17) is 0 Å². The molecular weight excluding hydrogens is 198 g/mol. The predicted molar refractivity (Wildman–Crippen MR) is 64.4 cm³/mol. The van der Waals surface area contributed by atoms with E-state index in [9.17, 15) is 0 Å². The van der Waals surface area contributed by atoms with Gasteiger partial charge in [-0.3, -0.25) is 0 Å². The van der Waals surface area contributed by atoms with Gasteiger partial charge in [0, 0.05) is 11.3 Å². The molecule has 2 aromatic rings. The molecule has 1 aliphatic heterocycles. The zero-order chi connectivity index (χ0) is 10.8. The molecule has 1 aromatic heterocycles. The maximum absolute atomic E-state index is 4.35. The summed E-state index contributed by atoms with van der Waals surface area (Å²) in [6.07, 6.45) is 2.35. The average molecular weight is 213 g/mol. The Labute approximate surface area is 94.9 Å². The van der Waals surface area contributed by atoms with Gasteiger partial charge in [-0.05, 0) is 38.1 Å². The Hall–Kier alpha value is -1.48. The first-order valence-electron chi connectivity index (χ1n) is 5.86. The van der Waals surface area contributed by atoms with Crippen LogP contribution in [0, 0.1) is 0 Å². The van der Waals surface area contributed by atoms with Gasteiger partial charge >= 0.3 is 0 Å². The number of hydrogen-bond donors (Lipinski definition) is 1. The molecule has 0 unspecified atom stereocenters. The minimum atomic E-state index is 0.582. The highest BCUT2D eigenvalue weighted by Gasteiger charge is 2.16. The Balaban J connectivity index is 1.97. The summed E-state index contributed by atoms with van der Waals surface area (Å²) >= 11 is 0. The fourth-order valence-corrected chi connectivity index (χ4v) is 2.32. The smallest absolute Gasteiger partial charge is 0.0929 e. The molecule has 1 N–H and O–H groups in total. The molecule has 3 nitrogen and oxygen atoms in total. The Morgan fingerprint density at radius 1 is 1.06 bits per heavy atom. The van der Waals surface area contributed by atoms with Crippen LogP contribution in [-0.4, -0.2) is 23.3 Å². The van der Waals surface area contributed by atoms with Crippen molar-refractivity contribution in [3.63, 3.8) is 0 Å². The molecule has 0 aliphatic carbocycles. The van der Waals surface area contributed by atoms with E-state index in [1.165, 1.54) is 18.2 Å². The number of nitrogens with one attached hydrogen (secondary N) is 1. The molecule has 82 valence electrons. The molecule has 0 atom stereocenters. The molecule has 16 heavy (non-hydrogen) atoms. The van der Waals surface area contributed by atoms with Gasteiger partial charge in [0.25, 0.3) is 0 Å². The van der Waals surface area contributed by atoms with Gasteiger partial charge in [0.1, 0.15) is 0 Å². The van der Waals surface area contributed by atoms with Crippen molar-refractivity contribution in [2.75, 3.05) is 13.1 Å². The average Bonchev–Trinajstić information content (AvgIpc) is 2.39. The second-order valence-corrected chi connectivity index (χ2v) is 4.35. The summed E-state index contributed by atoms with van der Waals surface area (Å²) < 4.78 is 0. The van der Waals surface area contributed by atoms with Crippen molar-refractivity contribution in [1.29, 1.82) is 0 Å². The largest absolute Gasteiger partial charge is 0.317 e. The van der Waals surface area contributed by atoms with Crippen LogP contribution in [0.4, 0.5) is 0 Å². The first-order chi connectivity index (χ1) is 7.93. The molecule has 1 aromatic carbocycles. The van der Waals surface area contributed by atoms with E-state index < -0.39 is 0 Å². The third-order valence-electron chi connectivity index (χ3n) is 3.27. The van der Waals surface area contributed by atoms with Crippen LogP contribution >= 0.6 is 0 Å². The lowest BCUT2D eigenvalue weighted by molar-refractivity contribution is 0.451. The van der Waals surface area contributed by atoms with E-state index in [2.05, 4.69) is 33.7 Å². The summed E-state index contributed by atoms with van der Waals surface area (Å²) in [5.74, 6) is 0.582. The third kappa shape index (κ3) is 1.78. The summed E-state index contributed by atoms with van der Waals surface area (Å²) in [4.78, 5) is 0. The van der Waals surface area contributed by atoms with Crippen LogP contribution in [-0.2, 0) is 0 Å². The number of aromatic nitrogens is 2. The fraction of sp³-hybridized carbons (Fsp3) is 0.385. The molecule has 3 heteroatoms. The molecule has 0 saturated carbocycles. The lowest BCUT2D eigenvalue weighted by atomic mass is 9.94. The molecule has 1 fully saturated rings. The van der Waals surface area contributed by atoms with Gasteiger partial charge in [-0.15, -0.1) is 0 Å². The number of hydrogen-bond acceptors (Lipinski definition) is 3. The highest BCUT2D eigenvalue weighted by molar-refractivity contribution is 5.77. The van der Waals surface area contributed by atoms with Crippen LogP contribution in [0.15, 0.2) is 30.3 Å². The Kier molecular flexibility index (Phi) is 2.54. The summed E-state index contributed by atoms with van der Waals surface area (Å²) in [7, 11) is 0. The van der Waals surface area contributed by atoms with Crippen molar-refractivity contribution in [3.8, 4) is 0 Å². The minimum Gasteiger partial charge on any atom is -0.317 e. The number of fused-ring (bicyclic) bond motifs is 1. The Morgan fingerprint density at radius 2 is 1.88 bits per heavy atom. The van der Waals surface area contributed by atoms with Crippen LogP contribution in [0.2, 0.25) is 0 Å². The van der Waals surface area contributed by atoms with Crippen LogP contribution in [0.25, 0.3) is 10.9 Å². The topological polar surface area (TPSA) is 37.8 Å². The number of nitrogens with zero attached hydrogens (tertiary/aromatic N) is 2. The fourth-order valence-electron chi connectivity index (χ4n) is 2.32. The zero-order valence-corrected chi connectivity index (χ0v) is 9.19. The first-order valence-corrected chi connectivity index (χ1v) is 5.86. The second-order valence-electron chi connectivity index (χ2n) is 4.35. The van der Waals surface area contributed by atoms with E-state index in [1.54, 1.807) is 0 Å². The van der Waals surface area contributed by atoms with Gasteiger partial charge in [0.05, 0.1) is 11.2 Å². The Bertz CT molecular complexity index is 489. The maximum Gasteiger partial charge on any atom is 0.0929 e. The van der Waals surface area contributed by atoms with E-state index in [0.29, 0.717) is 5.92 Å². The van der Waals surface area contributed by atoms with E-state index in [-0.39, 0.29) is 0 Å². The van der Waals surface area contributed by atoms with Crippen LogP contribution < -0.4 is 5.32 Å². The molecule has 0 spiro atoms. The molecule has 0 radical (unpaired) electrons. The molecule has 1 saturated heterocycles. The lowest BCUT2D eigenvalue weighted by Gasteiger charge is -2.21. The molecule has 1 aliphatic rings. The number of piperidine rings is 1. The SMILES string of the molecule is c1ccc2nnc(C3CCNCC3)cc2c1. The third-order valence-corrected chi connectivity index (χ3v) is 3.27. The molecule has 2 heterocycles. The van der Waals surface area contributed by atoms with Crippen molar-refractivity contribution in [3.05, 3.63) is 36.0 Å². The number of rotatable bonds is 1. The normalized spacial score (nSPS) is 17.8. The van der Waals surface area contributed by atoms with Gasteiger partial charge in [0.15, 0.2) is 0 Å². The maximum atomic E-state index is 4.35. The van der Waals surface area contributed by atoms with Crippen molar-refractivity contribution in [2.45, 2.75) is 18.8 Å². The van der Waals surface area contributed by atoms with Gasteiger partial charge in [-0.25, -0.2) is 0 Å². The molecule has 0 amide bonds. The highest BCUT2D eigenvalue weighted by Crippen LogP contribution is 2.24. The van der Waals surface area contributed by atoms with Crippen LogP contribution in [0.5, 0.6) is 0 Å². The quantitative estimate of drug-likeness (QED) is 0.788. The van der Waals surface area contributed by atoms with E-state index in [0.717, 1.165) is 24.3 Å².